The summed E-state index contributed by atoms with van der Waals surface area (Å²) in [5.41, 5.74) is 4.45. The molecule has 0 bridgehead atoms. The molecule has 2 rings (SSSR count). The number of carbonyl (C=O) groups is 1. The van der Waals surface area contributed by atoms with Gasteiger partial charge in [-0.05, 0) is 25.1 Å². The quantitative estimate of drug-likeness (QED) is 0.585. The van der Waals surface area contributed by atoms with Crippen molar-refractivity contribution in [3.63, 3.8) is 0 Å². The number of benzene rings is 1. The second-order valence-electron chi connectivity index (χ2n) is 4.22. The van der Waals surface area contributed by atoms with Crippen LogP contribution < -0.4 is 16.6 Å². The van der Waals surface area contributed by atoms with Gasteiger partial charge < -0.3 is 10.7 Å². The number of rotatable bonds is 5. The van der Waals surface area contributed by atoms with Crippen LogP contribution in [-0.2, 0) is 6.42 Å². The van der Waals surface area contributed by atoms with E-state index in [1.54, 1.807) is 29.5 Å². The molecule has 5 nitrogen and oxygen atoms in total. The molecule has 7 heteroatoms. The second kappa shape index (κ2) is 6.69. The molecular formula is C13H15ClN4OS. The van der Waals surface area contributed by atoms with E-state index in [0.717, 1.165) is 10.7 Å². The van der Waals surface area contributed by atoms with E-state index in [2.05, 4.69) is 15.7 Å². The smallest absolute Gasteiger partial charge is 0.253 e. The fourth-order valence-electron chi connectivity index (χ4n) is 1.73. The number of nitrogens with two attached hydrogens (primary N) is 1. The summed E-state index contributed by atoms with van der Waals surface area (Å²) in [5.74, 6) is 5.17. The molecular weight excluding hydrogens is 296 g/mol. The lowest BCUT2D eigenvalue weighted by Gasteiger charge is -2.09. The number of hydrazine groups is 1. The normalized spacial score (nSPS) is 10.3. The Labute approximate surface area is 126 Å². The summed E-state index contributed by atoms with van der Waals surface area (Å²) in [5, 5.41) is 6.32. The van der Waals surface area contributed by atoms with Crippen LogP contribution in [0.3, 0.4) is 0 Å². The zero-order chi connectivity index (χ0) is 14.5. The molecule has 1 aromatic heterocycles. The maximum atomic E-state index is 12.1. The Hall–Kier alpha value is -1.63. The van der Waals surface area contributed by atoms with Crippen molar-refractivity contribution in [2.45, 2.75) is 13.3 Å². The topological polar surface area (TPSA) is 80.0 Å². The van der Waals surface area contributed by atoms with E-state index in [1.165, 1.54) is 0 Å². The maximum Gasteiger partial charge on any atom is 0.253 e. The average molecular weight is 311 g/mol. The fraction of sp³-hybridized carbons (Fsp3) is 0.231. The van der Waals surface area contributed by atoms with Gasteiger partial charge in [-0.3, -0.25) is 10.6 Å². The molecule has 1 aromatic carbocycles. The van der Waals surface area contributed by atoms with Gasteiger partial charge in [-0.1, -0.05) is 11.6 Å². The summed E-state index contributed by atoms with van der Waals surface area (Å²) in [4.78, 5) is 16.4. The SMILES string of the molecule is Cc1csc(CCNC(=O)c2cc(Cl)ccc2NN)n1. The van der Waals surface area contributed by atoms with Crippen LogP contribution in [0.25, 0.3) is 0 Å². The Morgan fingerprint density at radius 2 is 2.30 bits per heavy atom. The molecule has 0 spiro atoms. The van der Waals surface area contributed by atoms with Crippen LogP contribution in [0.5, 0.6) is 0 Å². The minimum atomic E-state index is -0.214. The van der Waals surface area contributed by atoms with E-state index in [9.17, 15) is 4.79 Å². The van der Waals surface area contributed by atoms with E-state index >= 15 is 0 Å². The van der Waals surface area contributed by atoms with Crippen LogP contribution in [0.1, 0.15) is 21.1 Å². The number of anilines is 1. The molecule has 0 saturated heterocycles. The van der Waals surface area contributed by atoms with Crippen molar-refractivity contribution in [1.82, 2.24) is 10.3 Å². The van der Waals surface area contributed by atoms with Gasteiger partial charge in [0.15, 0.2) is 0 Å². The molecule has 106 valence electrons. The van der Waals surface area contributed by atoms with Crippen LogP contribution in [0.15, 0.2) is 23.6 Å². The van der Waals surface area contributed by atoms with Gasteiger partial charge >= 0.3 is 0 Å². The first kappa shape index (κ1) is 14.8. The van der Waals surface area contributed by atoms with Crippen LogP contribution in [-0.4, -0.2) is 17.4 Å². The van der Waals surface area contributed by atoms with Crippen molar-refractivity contribution in [3.05, 3.63) is 44.9 Å². The van der Waals surface area contributed by atoms with Gasteiger partial charge in [0.2, 0.25) is 0 Å². The molecule has 20 heavy (non-hydrogen) atoms. The Balaban J connectivity index is 1.96. The van der Waals surface area contributed by atoms with Gasteiger partial charge in [-0.25, -0.2) is 4.98 Å². The molecule has 4 N–H and O–H groups in total. The van der Waals surface area contributed by atoms with Crippen LogP contribution in [0.2, 0.25) is 5.02 Å². The minimum Gasteiger partial charge on any atom is -0.352 e. The number of hydrogen-bond acceptors (Lipinski definition) is 5. The third-order valence-electron chi connectivity index (χ3n) is 2.67. The number of nitrogen functional groups attached to an aromatic ring is 1. The molecule has 1 amide bonds. The van der Waals surface area contributed by atoms with Gasteiger partial charge in [0.25, 0.3) is 5.91 Å². The van der Waals surface area contributed by atoms with E-state index < -0.39 is 0 Å². The number of aryl methyl sites for hydroxylation is 1. The first-order chi connectivity index (χ1) is 9.60. The van der Waals surface area contributed by atoms with E-state index in [0.29, 0.717) is 29.2 Å². The van der Waals surface area contributed by atoms with Gasteiger partial charge in [-0.15, -0.1) is 11.3 Å². The van der Waals surface area contributed by atoms with E-state index in [1.807, 2.05) is 12.3 Å². The van der Waals surface area contributed by atoms with Gasteiger partial charge in [0.05, 0.1) is 16.3 Å². The standard InChI is InChI=1S/C13H15ClN4OS/c1-8-7-20-12(17-8)4-5-16-13(19)10-6-9(14)2-3-11(10)18-15/h2-3,6-7,18H,4-5,15H2,1H3,(H,16,19). The maximum absolute atomic E-state index is 12.1. The Bertz CT molecular complexity index is 614. The Morgan fingerprint density at radius 1 is 1.50 bits per heavy atom. The molecule has 0 unspecified atom stereocenters. The highest BCUT2D eigenvalue weighted by Gasteiger charge is 2.11. The fourth-order valence-corrected chi connectivity index (χ4v) is 2.67. The highest BCUT2D eigenvalue weighted by Crippen LogP contribution is 2.19. The number of thiazole rings is 1. The molecule has 0 aliphatic rings. The molecule has 0 aliphatic heterocycles. The molecule has 0 radical (unpaired) electrons. The Morgan fingerprint density at radius 3 is 2.95 bits per heavy atom. The first-order valence-electron chi connectivity index (χ1n) is 6.05. The average Bonchev–Trinajstić information content (AvgIpc) is 2.84. The number of carbonyl (C=O) groups excluding carboxylic acids is 1. The highest BCUT2D eigenvalue weighted by molar-refractivity contribution is 7.09. The lowest BCUT2D eigenvalue weighted by Crippen LogP contribution is -2.27. The predicted molar refractivity (Wildman–Crippen MR) is 82.2 cm³/mol. The molecule has 0 aliphatic carbocycles. The number of amides is 1. The predicted octanol–water partition coefficient (Wildman–Crippen LogP) is 2.36. The lowest BCUT2D eigenvalue weighted by atomic mass is 10.1. The summed E-state index contributed by atoms with van der Waals surface area (Å²) in [7, 11) is 0. The summed E-state index contributed by atoms with van der Waals surface area (Å²) in [6, 6.07) is 4.92. The monoisotopic (exact) mass is 310 g/mol. The van der Waals surface area contributed by atoms with Crippen LogP contribution in [0, 0.1) is 6.92 Å². The number of halogens is 1. The van der Waals surface area contributed by atoms with Crippen molar-refractivity contribution in [2.75, 3.05) is 12.0 Å². The van der Waals surface area contributed by atoms with E-state index in [4.69, 9.17) is 17.4 Å². The van der Waals surface area contributed by atoms with Crippen molar-refractivity contribution in [3.8, 4) is 0 Å². The Kier molecular flexibility index (Phi) is 4.94. The molecule has 0 atom stereocenters. The zero-order valence-corrected chi connectivity index (χ0v) is 12.5. The number of hydrogen-bond donors (Lipinski definition) is 3. The largest absolute Gasteiger partial charge is 0.352 e. The third kappa shape index (κ3) is 3.69. The van der Waals surface area contributed by atoms with Crippen molar-refractivity contribution >= 4 is 34.5 Å². The number of nitrogens with one attached hydrogen (secondary N) is 2. The van der Waals surface area contributed by atoms with Gasteiger partial charge in [0, 0.05) is 29.1 Å². The number of aromatic nitrogens is 1. The third-order valence-corrected chi connectivity index (χ3v) is 3.93. The van der Waals surface area contributed by atoms with Crippen LogP contribution >= 0.6 is 22.9 Å². The second-order valence-corrected chi connectivity index (χ2v) is 5.60. The molecule has 2 aromatic rings. The summed E-state index contributed by atoms with van der Waals surface area (Å²) >= 11 is 7.48. The van der Waals surface area contributed by atoms with E-state index in [-0.39, 0.29) is 5.91 Å². The molecule has 0 saturated carbocycles. The van der Waals surface area contributed by atoms with Gasteiger partial charge in [0.1, 0.15) is 0 Å². The lowest BCUT2D eigenvalue weighted by molar-refractivity contribution is 0.0955. The highest BCUT2D eigenvalue weighted by atomic mass is 35.5. The molecule has 1 heterocycles. The van der Waals surface area contributed by atoms with Crippen molar-refractivity contribution < 1.29 is 4.79 Å². The van der Waals surface area contributed by atoms with Gasteiger partial charge in [-0.2, -0.15) is 0 Å². The summed E-state index contributed by atoms with van der Waals surface area (Å²) in [6.45, 7) is 2.46. The van der Waals surface area contributed by atoms with Crippen molar-refractivity contribution in [1.29, 1.82) is 0 Å². The summed E-state index contributed by atoms with van der Waals surface area (Å²) < 4.78 is 0. The first-order valence-corrected chi connectivity index (χ1v) is 7.31. The molecule has 0 fully saturated rings. The number of nitrogens with zero attached hydrogens (tertiary/aromatic N) is 1. The zero-order valence-electron chi connectivity index (χ0n) is 10.9. The van der Waals surface area contributed by atoms with Crippen molar-refractivity contribution in [2.24, 2.45) is 5.84 Å². The van der Waals surface area contributed by atoms with Crippen LogP contribution in [0.4, 0.5) is 5.69 Å². The minimum absolute atomic E-state index is 0.214. The summed E-state index contributed by atoms with van der Waals surface area (Å²) in [6.07, 6.45) is 0.705.